The molecule has 1 heterocycles. The van der Waals surface area contributed by atoms with E-state index in [-0.39, 0.29) is 17.7 Å². The number of hydrogen-bond acceptors (Lipinski definition) is 6. The molecule has 1 atom stereocenters. The zero-order valence-corrected chi connectivity index (χ0v) is 20.9. The molecular weight excluding hydrogens is 460 g/mol. The van der Waals surface area contributed by atoms with Gasteiger partial charge in [0.25, 0.3) is 5.91 Å². The molecule has 0 radical (unpaired) electrons. The topological polar surface area (TPSA) is 90.2 Å². The molecule has 2 aromatic carbocycles. The van der Waals surface area contributed by atoms with Crippen LogP contribution in [0.1, 0.15) is 54.3 Å². The van der Waals surface area contributed by atoms with E-state index in [4.69, 9.17) is 18.6 Å². The molecule has 1 saturated carbocycles. The fourth-order valence-electron chi connectivity index (χ4n) is 4.61. The molecule has 0 unspecified atom stereocenters. The van der Waals surface area contributed by atoms with Crippen molar-refractivity contribution in [2.45, 2.75) is 44.2 Å². The summed E-state index contributed by atoms with van der Waals surface area (Å²) in [5, 5.41) is 3.20. The predicted octanol–water partition coefficient (Wildman–Crippen LogP) is 5.14. The maximum atomic E-state index is 13.9. The van der Waals surface area contributed by atoms with Crippen molar-refractivity contribution in [3.05, 3.63) is 72.2 Å². The molecule has 2 amide bonds. The van der Waals surface area contributed by atoms with Crippen LogP contribution in [-0.2, 0) is 4.79 Å². The van der Waals surface area contributed by atoms with Gasteiger partial charge in [-0.3, -0.25) is 14.5 Å². The minimum atomic E-state index is -0.964. The molecule has 3 aromatic rings. The zero-order chi connectivity index (χ0) is 25.5. The summed E-state index contributed by atoms with van der Waals surface area (Å²) in [7, 11) is 4.65. The summed E-state index contributed by atoms with van der Waals surface area (Å²) in [4.78, 5) is 29.2. The molecule has 1 aromatic heterocycles. The average Bonchev–Trinajstić information content (AvgIpc) is 3.47. The van der Waals surface area contributed by atoms with Gasteiger partial charge in [0.15, 0.2) is 17.3 Å². The van der Waals surface area contributed by atoms with Crippen molar-refractivity contribution in [2.24, 2.45) is 0 Å². The van der Waals surface area contributed by atoms with Crippen LogP contribution in [0.5, 0.6) is 17.2 Å². The van der Waals surface area contributed by atoms with E-state index in [0.717, 1.165) is 25.7 Å². The molecule has 190 valence electrons. The standard InChI is InChI=1S/C28H32N2O6/c1-33-22-14-11-19(12-15-22)26(27(31)29-20-8-5-4-6-9-20)30(28(32)24-10-7-17-36-24)21-13-16-23(34-2)25(18-21)35-3/h7,10-18,20,26H,4-6,8-9H2,1-3H3,(H,29,31)/t26-/m0/s1. The number of nitrogens with zero attached hydrogens (tertiary/aromatic N) is 1. The van der Waals surface area contributed by atoms with Crippen LogP contribution >= 0.6 is 0 Å². The quantitative estimate of drug-likeness (QED) is 0.445. The van der Waals surface area contributed by atoms with E-state index >= 15 is 0 Å². The summed E-state index contributed by atoms with van der Waals surface area (Å²) in [5.41, 5.74) is 1.10. The number of nitrogens with one attached hydrogen (secondary N) is 1. The van der Waals surface area contributed by atoms with Crippen LogP contribution in [0, 0.1) is 0 Å². The Kier molecular flexibility index (Phi) is 8.15. The fraction of sp³-hybridized carbons (Fsp3) is 0.357. The molecule has 1 aliphatic rings. The van der Waals surface area contributed by atoms with Gasteiger partial charge in [0, 0.05) is 17.8 Å². The Morgan fingerprint density at radius 1 is 0.917 bits per heavy atom. The third-order valence-corrected chi connectivity index (χ3v) is 6.49. The highest BCUT2D eigenvalue weighted by atomic mass is 16.5. The van der Waals surface area contributed by atoms with Crippen LogP contribution in [-0.4, -0.2) is 39.2 Å². The van der Waals surface area contributed by atoms with Gasteiger partial charge in [-0.25, -0.2) is 0 Å². The van der Waals surface area contributed by atoms with Gasteiger partial charge in [-0.2, -0.15) is 0 Å². The van der Waals surface area contributed by atoms with E-state index in [9.17, 15) is 9.59 Å². The molecular formula is C28H32N2O6. The second-order valence-electron chi connectivity index (χ2n) is 8.71. The lowest BCUT2D eigenvalue weighted by Crippen LogP contribution is -2.47. The highest BCUT2D eigenvalue weighted by Crippen LogP contribution is 2.37. The molecule has 8 nitrogen and oxygen atoms in total. The molecule has 0 aliphatic heterocycles. The first kappa shape index (κ1) is 25.2. The Bertz CT molecular complexity index is 1150. The Labute approximate surface area is 211 Å². The maximum absolute atomic E-state index is 13.9. The second kappa shape index (κ2) is 11.7. The van der Waals surface area contributed by atoms with Crippen LogP contribution < -0.4 is 24.4 Å². The number of benzene rings is 2. The Balaban J connectivity index is 1.82. The molecule has 36 heavy (non-hydrogen) atoms. The normalized spacial score (nSPS) is 14.5. The highest BCUT2D eigenvalue weighted by Gasteiger charge is 2.36. The number of rotatable bonds is 9. The number of amides is 2. The van der Waals surface area contributed by atoms with Crippen molar-refractivity contribution in [2.75, 3.05) is 26.2 Å². The largest absolute Gasteiger partial charge is 0.497 e. The lowest BCUT2D eigenvalue weighted by atomic mass is 9.94. The molecule has 1 N–H and O–H groups in total. The molecule has 0 bridgehead atoms. The van der Waals surface area contributed by atoms with E-state index in [0.29, 0.717) is 28.5 Å². The van der Waals surface area contributed by atoms with Gasteiger partial charge in [-0.15, -0.1) is 0 Å². The monoisotopic (exact) mass is 492 g/mol. The molecule has 8 heteroatoms. The first-order valence-electron chi connectivity index (χ1n) is 12.1. The SMILES string of the molecule is COc1ccc([C@@H](C(=O)NC2CCCCC2)N(C(=O)c2ccco2)c2ccc(OC)c(OC)c2)cc1. The van der Waals surface area contributed by atoms with E-state index < -0.39 is 11.9 Å². The summed E-state index contributed by atoms with van der Waals surface area (Å²) in [6, 6.07) is 14.6. The van der Waals surface area contributed by atoms with Gasteiger partial charge in [0.2, 0.25) is 5.91 Å². The first-order valence-corrected chi connectivity index (χ1v) is 12.1. The van der Waals surface area contributed by atoms with Gasteiger partial charge in [-0.1, -0.05) is 31.4 Å². The van der Waals surface area contributed by atoms with Crippen LogP contribution in [0.4, 0.5) is 5.69 Å². The molecule has 1 fully saturated rings. The summed E-state index contributed by atoms with van der Waals surface area (Å²) in [6.07, 6.45) is 6.59. The average molecular weight is 493 g/mol. The van der Waals surface area contributed by atoms with Crippen molar-refractivity contribution in [1.82, 2.24) is 5.32 Å². The minimum Gasteiger partial charge on any atom is -0.497 e. The lowest BCUT2D eigenvalue weighted by molar-refractivity contribution is -0.123. The third-order valence-electron chi connectivity index (χ3n) is 6.49. The number of carbonyl (C=O) groups is 2. The van der Waals surface area contributed by atoms with E-state index in [1.807, 2.05) is 0 Å². The van der Waals surface area contributed by atoms with Gasteiger partial charge >= 0.3 is 0 Å². The van der Waals surface area contributed by atoms with Crippen LogP contribution in [0.3, 0.4) is 0 Å². The summed E-state index contributed by atoms with van der Waals surface area (Å²) in [6.45, 7) is 0. The summed E-state index contributed by atoms with van der Waals surface area (Å²) in [5.74, 6) is 1.01. The Morgan fingerprint density at radius 3 is 2.25 bits per heavy atom. The van der Waals surface area contributed by atoms with Gasteiger partial charge in [0.05, 0.1) is 27.6 Å². The van der Waals surface area contributed by atoms with Crippen LogP contribution in [0.15, 0.2) is 65.3 Å². The van der Waals surface area contributed by atoms with Crippen molar-refractivity contribution in [3.63, 3.8) is 0 Å². The molecule has 0 saturated heterocycles. The number of methoxy groups -OCH3 is 3. The lowest BCUT2D eigenvalue weighted by Gasteiger charge is -2.33. The first-order chi connectivity index (χ1) is 17.5. The molecule has 4 rings (SSSR count). The van der Waals surface area contributed by atoms with Crippen molar-refractivity contribution in [3.8, 4) is 17.2 Å². The number of anilines is 1. The summed E-state index contributed by atoms with van der Waals surface area (Å²) >= 11 is 0. The van der Waals surface area contributed by atoms with Crippen molar-refractivity contribution >= 4 is 17.5 Å². The highest BCUT2D eigenvalue weighted by molar-refractivity contribution is 6.08. The zero-order valence-electron chi connectivity index (χ0n) is 20.9. The van der Waals surface area contributed by atoms with Crippen molar-refractivity contribution in [1.29, 1.82) is 0 Å². The third kappa shape index (κ3) is 5.48. The summed E-state index contributed by atoms with van der Waals surface area (Å²) < 4.78 is 21.6. The second-order valence-corrected chi connectivity index (χ2v) is 8.71. The minimum absolute atomic E-state index is 0.0676. The fourth-order valence-corrected chi connectivity index (χ4v) is 4.61. The Hall–Kier alpha value is -3.94. The van der Waals surface area contributed by atoms with Crippen molar-refractivity contribution < 1.29 is 28.2 Å². The smallest absolute Gasteiger partial charge is 0.294 e. The van der Waals surface area contributed by atoms with E-state index in [2.05, 4.69) is 5.32 Å². The van der Waals surface area contributed by atoms with E-state index in [1.165, 1.54) is 24.7 Å². The van der Waals surface area contributed by atoms with E-state index in [1.54, 1.807) is 68.8 Å². The van der Waals surface area contributed by atoms with Crippen LogP contribution in [0.2, 0.25) is 0 Å². The number of furan rings is 1. The van der Waals surface area contributed by atoms with Gasteiger partial charge in [-0.05, 0) is 54.8 Å². The Morgan fingerprint density at radius 2 is 1.64 bits per heavy atom. The molecule has 0 spiro atoms. The maximum Gasteiger partial charge on any atom is 0.294 e. The molecule has 1 aliphatic carbocycles. The van der Waals surface area contributed by atoms with Gasteiger partial charge < -0.3 is 23.9 Å². The van der Waals surface area contributed by atoms with Gasteiger partial charge in [0.1, 0.15) is 11.8 Å². The number of hydrogen-bond donors (Lipinski definition) is 1. The number of carbonyl (C=O) groups excluding carboxylic acids is 2. The van der Waals surface area contributed by atoms with Crippen LogP contribution in [0.25, 0.3) is 0 Å². The number of ether oxygens (including phenoxy) is 3. The predicted molar refractivity (Wildman–Crippen MR) is 136 cm³/mol.